The van der Waals surface area contributed by atoms with Gasteiger partial charge in [0.05, 0.1) is 16.7 Å². The maximum Gasteiger partial charge on any atom is 2.00 e. The molecule has 0 atom stereocenters. The zero-order valence-corrected chi connectivity index (χ0v) is 40.0. The van der Waals surface area contributed by atoms with Crippen molar-refractivity contribution >= 4 is 32.8 Å². The van der Waals surface area contributed by atoms with Gasteiger partial charge in [0.25, 0.3) is 0 Å². The summed E-state index contributed by atoms with van der Waals surface area (Å²) in [6.07, 6.45) is 1.89. The average molecular weight is 1010 g/mol. The molecule has 0 aliphatic rings. The van der Waals surface area contributed by atoms with Gasteiger partial charge in [-0.1, -0.05) is 175 Å². The van der Waals surface area contributed by atoms with Gasteiger partial charge >= 0.3 is 21.1 Å². The first kappa shape index (κ1) is 42.9. The predicted octanol–water partition coefficient (Wildman–Crippen LogP) is 15.5. The van der Waals surface area contributed by atoms with Crippen LogP contribution in [0.1, 0.15) is 78.0 Å². The molecule has 64 heavy (non-hydrogen) atoms. The van der Waals surface area contributed by atoms with Crippen molar-refractivity contribution in [3.63, 3.8) is 0 Å². The third-order valence-corrected chi connectivity index (χ3v) is 12.5. The maximum absolute atomic E-state index is 5.76. The predicted molar refractivity (Wildman–Crippen MR) is 264 cm³/mol. The number of fused-ring (bicyclic) bond motifs is 4. The van der Waals surface area contributed by atoms with Crippen LogP contribution in [0.2, 0.25) is 0 Å². The number of para-hydroxylation sites is 1. The van der Waals surface area contributed by atoms with Crippen LogP contribution in [-0.4, -0.2) is 19.1 Å². The number of rotatable bonds is 7. The molecule has 10 aromatic rings. The minimum atomic E-state index is -0.0428. The SMILES string of the molecule is CC(C)c1cc(-c2ccccc2)ccc1-n1c(-n2c3[c-]cc(C(C)(C)C)cc3c3cc(C(C)(C)C)ccc32)nc2c(-c3[c-]c(-c4cc(-c5ccccc5)ccn4)ccc3)cccc21.[Pt+2]. The first-order valence-corrected chi connectivity index (χ1v) is 22.1. The summed E-state index contributed by atoms with van der Waals surface area (Å²) in [6, 6.07) is 64.3. The van der Waals surface area contributed by atoms with Crippen LogP contribution in [0.5, 0.6) is 0 Å². The van der Waals surface area contributed by atoms with Crippen molar-refractivity contribution < 1.29 is 21.1 Å². The van der Waals surface area contributed by atoms with Crippen LogP contribution >= 0.6 is 0 Å². The molecule has 0 bridgehead atoms. The average Bonchev–Trinajstić information content (AvgIpc) is 3.84. The Balaban J connectivity index is 0.00000518. The summed E-state index contributed by atoms with van der Waals surface area (Å²) in [7, 11) is 0. The number of nitrogens with zero attached hydrogens (tertiary/aromatic N) is 4. The van der Waals surface area contributed by atoms with Gasteiger partial charge in [-0.15, -0.1) is 40.8 Å². The molecule has 318 valence electrons. The maximum atomic E-state index is 5.76. The molecule has 0 radical (unpaired) electrons. The number of pyridine rings is 1. The molecule has 0 unspecified atom stereocenters. The number of aromatic nitrogens is 4. The first-order chi connectivity index (χ1) is 30.3. The van der Waals surface area contributed by atoms with Crippen molar-refractivity contribution in [1.82, 2.24) is 19.1 Å². The van der Waals surface area contributed by atoms with E-state index in [0.717, 1.165) is 67.2 Å². The van der Waals surface area contributed by atoms with Crippen LogP contribution in [-0.2, 0) is 31.9 Å². The molecule has 0 saturated heterocycles. The number of imidazole rings is 1. The van der Waals surface area contributed by atoms with Crippen molar-refractivity contribution in [2.45, 2.75) is 72.1 Å². The molecule has 0 aliphatic carbocycles. The molecule has 0 saturated carbocycles. The van der Waals surface area contributed by atoms with Crippen molar-refractivity contribution in [1.29, 1.82) is 0 Å². The van der Waals surface area contributed by atoms with Crippen molar-refractivity contribution in [3.8, 4) is 56.3 Å². The van der Waals surface area contributed by atoms with Gasteiger partial charge in [-0.05, 0) is 80.4 Å². The van der Waals surface area contributed by atoms with Gasteiger partial charge in [-0.3, -0.25) is 9.55 Å². The van der Waals surface area contributed by atoms with Crippen LogP contribution in [0, 0.1) is 12.1 Å². The minimum Gasteiger partial charge on any atom is -0.304 e. The smallest absolute Gasteiger partial charge is 0.304 e. The molecular formula is C59H52N4Pt. The van der Waals surface area contributed by atoms with E-state index in [4.69, 9.17) is 9.97 Å². The van der Waals surface area contributed by atoms with Crippen LogP contribution in [0.4, 0.5) is 0 Å². The number of benzene rings is 7. The molecule has 3 heterocycles. The molecule has 5 heteroatoms. The Hall–Kier alpha value is -6.35. The second-order valence-electron chi connectivity index (χ2n) is 19.2. The summed E-state index contributed by atoms with van der Waals surface area (Å²) < 4.78 is 4.74. The Morgan fingerprint density at radius 3 is 1.89 bits per heavy atom. The summed E-state index contributed by atoms with van der Waals surface area (Å²) in [6.45, 7) is 18.3. The number of hydrogen-bond acceptors (Lipinski definition) is 2. The molecule has 0 aliphatic heterocycles. The van der Waals surface area contributed by atoms with E-state index in [1.165, 1.54) is 38.6 Å². The molecule has 4 nitrogen and oxygen atoms in total. The zero-order chi connectivity index (χ0) is 43.6. The Morgan fingerprint density at radius 1 is 0.547 bits per heavy atom. The minimum absolute atomic E-state index is 0. The number of hydrogen-bond donors (Lipinski definition) is 0. The van der Waals surface area contributed by atoms with Crippen LogP contribution in [0.25, 0.3) is 89.1 Å². The fraction of sp³-hybridized carbons (Fsp3) is 0.186. The Labute approximate surface area is 391 Å². The Kier molecular flexibility index (Phi) is 11.2. The van der Waals surface area contributed by atoms with Gasteiger partial charge in [0.15, 0.2) is 0 Å². The van der Waals surface area contributed by atoms with E-state index in [2.05, 4.69) is 228 Å². The molecule has 0 spiro atoms. The fourth-order valence-corrected chi connectivity index (χ4v) is 8.94. The van der Waals surface area contributed by atoms with Gasteiger partial charge in [0.1, 0.15) is 0 Å². The van der Waals surface area contributed by atoms with Crippen molar-refractivity contribution in [2.75, 3.05) is 0 Å². The third-order valence-electron chi connectivity index (χ3n) is 12.5. The second kappa shape index (κ2) is 16.6. The van der Waals surface area contributed by atoms with E-state index >= 15 is 0 Å². The van der Waals surface area contributed by atoms with E-state index in [0.29, 0.717) is 0 Å². The monoisotopic (exact) mass is 1010 g/mol. The molecule has 3 aromatic heterocycles. The zero-order valence-electron chi connectivity index (χ0n) is 37.8. The molecule has 0 amide bonds. The van der Waals surface area contributed by atoms with E-state index in [-0.39, 0.29) is 37.8 Å². The van der Waals surface area contributed by atoms with Gasteiger partial charge in [0, 0.05) is 17.4 Å². The van der Waals surface area contributed by atoms with Gasteiger partial charge < -0.3 is 4.57 Å². The molecule has 0 fully saturated rings. The van der Waals surface area contributed by atoms with Crippen molar-refractivity contribution in [2.24, 2.45) is 0 Å². The van der Waals surface area contributed by atoms with E-state index < -0.39 is 0 Å². The van der Waals surface area contributed by atoms with Crippen LogP contribution in [0.15, 0.2) is 164 Å². The van der Waals surface area contributed by atoms with Crippen LogP contribution < -0.4 is 0 Å². The van der Waals surface area contributed by atoms with Gasteiger partial charge in [0.2, 0.25) is 5.95 Å². The third kappa shape index (κ3) is 7.73. The van der Waals surface area contributed by atoms with E-state index in [1.54, 1.807) is 0 Å². The van der Waals surface area contributed by atoms with Gasteiger partial charge in [-0.2, -0.15) is 18.2 Å². The quantitative estimate of drug-likeness (QED) is 0.149. The Morgan fingerprint density at radius 2 is 1.20 bits per heavy atom. The largest absolute Gasteiger partial charge is 2.00 e. The summed E-state index contributed by atoms with van der Waals surface area (Å²) in [5.74, 6) is 1.05. The molecular weight excluding hydrogens is 960 g/mol. The summed E-state index contributed by atoms with van der Waals surface area (Å²) in [5.41, 5.74) is 17.3. The van der Waals surface area contributed by atoms with Crippen LogP contribution in [0.3, 0.4) is 0 Å². The molecule has 7 aromatic carbocycles. The van der Waals surface area contributed by atoms with Crippen molar-refractivity contribution in [3.05, 3.63) is 193 Å². The fourth-order valence-electron chi connectivity index (χ4n) is 8.94. The summed E-state index contributed by atoms with van der Waals surface area (Å²) >= 11 is 0. The second-order valence-corrected chi connectivity index (χ2v) is 19.2. The standard InChI is InChI=1S/C59H52N4.Pt/c1-38(2)48-34-41(39-17-11-9-12-18-39)25-28-52(48)63-55-24-16-23-47(43-21-15-22-44(33-43)51-35-42(31-32-60-51)40-19-13-10-14-20-40)56(55)61-57(63)62-53-29-26-45(58(3,4)5)36-49(53)50-37-46(59(6,7)8)27-30-54(50)62;/h9-29,31-32,34-38H,1-8H3;/q-2;+2. The molecule has 10 rings (SSSR count). The normalized spacial score (nSPS) is 12.1. The summed E-state index contributed by atoms with van der Waals surface area (Å²) in [5, 5.41) is 2.38. The molecule has 0 N–H and O–H groups in total. The van der Waals surface area contributed by atoms with E-state index in [1.807, 2.05) is 12.3 Å². The first-order valence-electron chi connectivity index (χ1n) is 22.1. The Bertz CT molecular complexity index is 3250. The van der Waals surface area contributed by atoms with E-state index in [9.17, 15) is 0 Å². The summed E-state index contributed by atoms with van der Waals surface area (Å²) in [4.78, 5) is 10.6. The topological polar surface area (TPSA) is 35.6 Å². The van der Waals surface area contributed by atoms with Gasteiger partial charge in [-0.25, -0.2) is 4.98 Å².